The van der Waals surface area contributed by atoms with Crippen molar-refractivity contribution < 1.29 is 9.53 Å². The molecule has 1 saturated heterocycles. The average molecular weight is 317 g/mol. The van der Waals surface area contributed by atoms with Crippen LogP contribution in [0.1, 0.15) is 33.1 Å². The van der Waals surface area contributed by atoms with Gasteiger partial charge in [0.2, 0.25) is 0 Å². The minimum atomic E-state index is -0.425. The molecule has 1 aromatic rings. The molecule has 0 aliphatic carbocycles. The Balaban J connectivity index is 1.79. The maximum atomic E-state index is 12.8. The second-order valence-corrected chi connectivity index (χ2v) is 6.90. The first-order valence-corrected chi connectivity index (χ1v) is 8.66. The number of nitrogen functional groups attached to an aromatic ring is 1. The number of carbonyl (C=O) groups is 1. The van der Waals surface area contributed by atoms with Crippen LogP contribution in [0.5, 0.6) is 5.75 Å². The van der Waals surface area contributed by atoms with Crippen molar-refractivity contribution in [3.05, 3.63) is 18.2 Å². The summed E-state index contributed by atoms with van der Waals surface area (Å²) in [6.07, 6.45) is 3.42. The number of anilines is 2. The zero-order chi connectivity index (χ0) is 16.4. The normalized spacial score (nSPS) is 22.1. The van der Waals surface area contributed by atoms with E-state index in [9.17, 15) is 4.79 Å². The molecular weight excluding hydrogens is 290 g/mol. The van der Waals surface area contributed by atoms with Crippen molar-refractivity contribution in [1.29, 1.82) is 0 Å². The van der Waals surface area contributed by atoms with E-state index < -0.39 is 6.10 Å². The van der Waals surface area contributed by atoms with Gasteiger partial charge in [-0.1, -0.05) is 20.3 Å². The Morgan fingerprint density at radius 2 is 1.96 bits per heavy atom. The first kappa shape index (κ1) is 16.1. The molecule has 2 N–H and O–H groups in total. The van der Waals surface area contributed by atoms with Gasteiger partial charge in [-0.2, -0.15) is 0 Å². The SMILES string of the molecule is CC(C)C1Oc2cc(N)ccc2N(CCN2CCCCC2)C1=O. The van der Waals surface area contributed by atoms with Crippen LogP contribution in [-0.2, 0) is 4.79 Å². The second kappa shape index (κ2) is 6.79. The van der Waals surface area contributed by atoms with Crippen LogP contribution in [0.25, 0.3) is 0 Å². The molecule has 23 heavy (non-hydrogen) atoms. The molecule has 1 atom stereocenters. The van der Waals surface area contributed by atoms with Gasteiger partial charge in [0.25, 0.3) is 5.91 Å². The molecule has 1 unspecified atom stereocenters. The van der Waals surface area contributed by atoms with Crippen molar-refractivity contribution in [3.8, 4) is 5.75 Å². The molecule has 5 heteroatoms. The number of nitrogens with zero attached hydrogens (tertiary/aromatic N) is 2. The van der Waals surface area contributed by atoms with Crippen LogP contribution >= 0.6 is 0 Å². The van der Waals surface area contributed by atoms with E-state index in [4.69, 9.17) is 10.5 Å². The van der Waals surface area contributed by atoms with Gasteiger partial charge in [0.15, 0.2) is 6.10 Å². The Morgan fingerprint density at radius 1 is 1.22 bits per heavy atom. The van der Waals surface area contributed by atoms with Crippen molar-refractivity contribution in [2.24, 2.45) is 5.92 Å². The Kier molecular flexibility index (Phi) is 4.76. The summed E-state index contributed by atoms with van der Waals surface area (Å²) in [7, 11) is 0. The van der Waals surface area contributed by atoms with Crippen LogP contribution in [0.2, 0.25) is 0 Å². The minimum Gasteiger partial charge on any atom is -0.478 e. The van der Waals surface area contributed by atoms with Crippen molar-refractivity contribution in [1.82, 2.24) is 4.90 Å². The summed E-state index contributed by atoms with van der Waals surface area (Å²) in [6, 6.07) is 5.55. The lowest BCUT2D eigenvalue weighted by atomic mass is 10.0. The zero-order valence-electron chi connectivity index (χ0n) is 14.1. The molecule has 0 bridgehead atoms. The minimum absolute atomic E-state index is 0.0641. The first-order valence-electron chi connectivity index (χ1n) is 8.66. The fraction of sp³-hybridized carbons (Fsp3) is 0.611. The lowest BCUT2D eigenvalue weighted by molar-refractivity contribution is -0.128. The highest BCUT2D eigenvalue weighted by atomic mass is 16.5. The van der Waals surface area contributed by atoms with E-state index in [1.165, 1.54) is 19.3 Å². The third-order valence-corrected chi connectivity index (χ3v) is 4.73. The molecule has 1 amide bonds. The number of benzene rings is 1. The molecule has 0 spiro atoms. The van der Waals surface area contributed by atoms with Gasteiger partial charge in [0.1, 0.15) is 5.75 Å². The summed E-state index contributed by atoms with van der Waals surface area (Å²) in [5.74, 6) is 0.922. The van der Waals surface area contributed by atoms with Gasteiger partial charge in [-0.05, 0) is 44.0 Å². The van der Waals surface area contributed by atoms with Crippen LogP contribution in [0.3, 0.4) is 0 Å². The summed E-state index contributed by atoms with van der Waals surface area (Å²) in [5, 5.41) is 0. The third kappa shape index (κ3) is 3.44. The maximum absolute atomic E-state index is 12.8. The molecule has 2 aliphatic heterocycles. The molecule has 1 fully saturated rings. The van der Waals surface area contributed by atoms with E-state index in [0.717, 1.165) is 31.1 Å². The number of piperidine rings is 1. The van der Waals surface area contributed by atoms with Gasteiger partial charge in [-0.3, -0.25) is 4.79 Å². The predicted octanol–water partition coefficient (Wildman–Crippen LogP) is 2.50. The Morgan fingerprint density at radius 3 is 2.65 bits per heavy atom. The smallest absolute Gasteiger partial charge is 0.268 e. The van der Waals surface area contributed by atoms with Crippen LogP contribution in [-0.4, -0.2) is 43.1 Å². The van der Waals surface area contributed by atoms with Crippen LogP contribution in [0, 0.1) is 5.92 Å². The van der Waals surface area contributed by atoms with Crippen molar-refractivity contribution in [2.75, 3.05) is 36.8 Å². The van der Waals surface area contributed by atoms with Crippen molar-refractivity contribution >= 4 is 17.3 Å². The zero-order valence-corrected chi connectivity index (χ0v) is 14.1. The predicted molar refractivity (Wildman–Crippen MR) is 92.8 cm³/mol. The molecular formula is C18H27N3O2. The molecule has 3 rings (SSSR count). The van der Waals surface area contributed by atoms with Crippen LogP contribution in [0.4, 0.5) is 11.4 Å². The highest BCUT2D eigenvalue weighted by Gasteiger charge is 2.36. The number of nitrogens with two attached hydrogens (primary N) is 1. The first-order chi connectivity index (χ1) is 11.1. The monoisotopic (exact) mass is 317 g/mol. The average Bonchev–Trinajstić information content (AvgIpc) is 2.54. The van der Waals surface area contributed by atoms with Crippen LogP contribution in [0.15, 0.2) is 18.2 Å². The largest absolute Gasteiger partial charge is 0.478 e. The van der Waals surface area contributed by atoms with E-state index >= 15 is 0 Å². The number of likely N-dealkylation sites (tertiary alicyclic amines) is 1. The maximum Gasteiger partial charge on any atom is 0.268 e. The topological polar surface area (TPSA) is 58.8 Å². The number of hydrogen-bond acceptors (Lipinski definition) is 4. The highest BCUT2D eigenvalue weighted by molar-refractivity contribution is 6.00. The Labute approximate surface area is 138 Å². The summed E-state index contributed by atoms with van der Waals surface area (Å²) in [6.45, 7) is 7.94. The quantitative estimate of drug-likeness (QED) is 0.867. The Bertz CT molecular complexity index is 567. The molecule has 1 aromatic carbocycles. The van der Waals surface area contributed by atoms with Crippen molar-refractivity contribution in [2.45, 2.75) is 39.2 Å². The number of ether oxygens (including phenoxy) is 1. The van der Waals surface area contributed by atoms with E-state index in [2.05, 4.69) is 4.90 Å². The molecule has 0 saturated carbocycles. The molecule has 0 radical (unpaired) electrons. The van der Waals surface area contributed by atoms with Crippen molar-refractivity contribution in [3.63, 3.8) is 0 Å². The summed E-state index contributed by atoms with van der Waals surface area (Å²) in [4.78, 5) is 17.2. The number of hydrogen-bond donors (Lipinski definition) is 1. The van der Waals surface area contributed by atoms with E-state index in [1.54, 1.807) is 0 Å². The molecule has 2 aliphatic rings. The highest BCUT2D eigenvalue weighted by Crippen LogP contribution is 2.37. The van der Waals surface area contributed by atoms with Gasteiger partial charge in [0, 0.05) is 24.8 Å². The van der Waals surface area contributed by atoms with Gasteiger partial charge < -0.3 is 20.3 Å². The fourth-order valence-corrected chi connectivity index (χ4v) is 3.38. The van der Waals surface area contributed by atoms with Gasteiger partial charge in [0.05, 0.1) is 5.69 Å². The number of carbonyl (C=O) groups excluding carboxylic acids is 1. The lowest BCUT2D eigenvalue weighted by Gasteiger charge is -2.37. The Hall–Kier alpha value is -1.75. The summed E-state index contributed by atoms with van der Waals surface area (Å²) in [5.41, 5.74) is 7.39. The van der Waals surface area contributed by atoms with E-state index in [-0.39, 0.29) is 11.8 Å². The molecule has 5 nitrogen and oxygen atoms in total. The van der Waals surface area contributed by atoms with Gasteiger partial charge in [-0.25, -0.2) is 0 Å². The summed E-state index contributed by atoms with van der Waals surface area (Å²) < 4.78 is 5.92. The number of fused-ring (bicyclic) bond motifs is 1. The fourth-order valence-electron chi connectivity index (χ4n) is 3.38. The molecule has 126 valence electrons. The molecule has 2 heterocycles. The summed E-state index contributed by atoms with van der Waals surface area (Å²) >= 11 is 0. The van der Waals surface area contributed by atoms with Crippen LogP contribution < -0.4 is 15.4 Å². The third-order valence-electron chi connectivity index (χ3n) is 4.73. The van der Waals surface area contributed by atoms with E-state index in [1.807, 2.05) is 36.9 Å². The van der Waals surface area contributed by atoms with E-state index in [0.29, 0.717) is 12.2 Å². The number of rotatable bonds is 4. The standard InChI is InChI=1S/C18H27N3O2/c1-13(2)17-18(22)21(11-10-20-8-4-3-5-9-20)15-7-6-14(19)12-16(15)23-17/h6-7,12-13,17H,3-5,8-11,19H2,1-2H3. The number of amides is 1. The molecule has 0 aromatic heterocycles. The second-order valence-electron chi connectivity index (χ2n) is 6.90. The van der Waals surface area contributed by atoms with Gasteiger partial charge >= 0.3 is 0 Å². The van der Waals surface area contributed by atoms with Gasteiger partial charge in [-0.15, -0.1) is 0 Å². The lowest BCUT2D eigenvalue weighted by Crippen LogP contribution is -2.50.